The first-order chi connectivity index (χ1) is 16.6. The lowest BCUT2D eigenvalue weighted by atomic mass is 10.1. The summed E-state index contributed by atoms with van der Waals surface area (Å²) in [7, 11) is 1.58. The number of carbonyl (C=O) groups is 2. The van der Waals surface area contributed by atoms with Crippen LogP contribution in [-0.4, -0.2) is 55.6 Å². The maximum atomic E-state index is 13.4. The normalized spacial score (nSPS) is 12.2. The Bertz CT molecular complexity index is 1140. The second-order valence-electron chi connectivity index (χ2n) is 9.18. The van der Waals surface area contributed by atoms with Gasteiger partial charge in [-0.15, -0.1) is 10.2 Å². The Morgan fingerprint density at radius 2 is 1.77 bits per heavy atom. The Hall–Kier alpha value is -3.82. The first-order valence-corrected chi connectivity index (χ1v) is 11.4. The van der Waals surface area contributed by atoms with Crippen LogP contribution < -0.4 is 10.1 Å². The summed E-state index contributed by atoms with van der Waals surface area (Å²) in [6, 6.07) is 12.3. The molecule has 0 aliphatic carbocycles. The van der Waals surface area contributed by atoms with E-state index in [1.807, 2.05) is 52.0 Å². The fraction of sp³-hybridized carbons (Fsp3) is 0.400. The molecule has 1 heterocycles. The molecule has 0 aliphatic rings. The quantitative estimate of drug-likeness (QED) is 0.503. The Kier molecular flexibility index (Phi) is 8.16. The van der Waals surface area contributed by atoms with Crippen molar-refractivity contribution in [3.05, 3.63) is 59.9 Å². The number of aromatic nitrogens is 4. The third-order valence-corrected chi connectivity index (χ3v) is 5.23. The maximum absolute atomic E-state index is 13.4. The first-order valence-electron chi connectivity index (χ1n) is 11.4. The van der Waals surface area contributed by atoms with Crippen LogP contribution in [0.3, 0.4) is 0 Å². The number of halogens is 1. The minimum Gasteiger partial charge on any atom is -0.497 e. The highest BCUT2D eigenvalue weighted by Gasteiger charge is 2.31. The molecule has 2 amide bonds. The summed E-state index contributed by atoms with van der Waals surface area (Å²) in [4.78, 5) is 29.2. The summed E-state index contributed by atoms with van der Waals surface area (Å²) in [5.74, 6) is 0.0335. The van der Waals surface area contributed by atoms with Crippen LogP contribution in [0.4, 0.5) is 4.39 Å². The molecule has 0 bridgehead atoms. The molecule has 186 valence electrons. The van der Waals surface area contributed by atoms with Gasteiger partial charge in [-0.1, -0.05) is 19.1 Å². The molecule has 1 atom stereocenters. The molecule has 0 spiro atoms. The molecule has 0 saturated carbocycles. The number of nitrogens with one attached hydrogen (secondary N) is 1. The largest absolute Gasteiger partial charge is 0.497 e. The SMILES string of the molecule is CCC(C(=O)NC(C)(C)C)N(Cc1ccc(OC)cc1)C(=O)Cn1nnc(-c2ccc(F)cc2)n1. The highest BCUT2D eigenvalue weighted by atomic mass is 19.1. The zero-order valence-corrected chi connectivity index (χ0v) is 20.7. The molecule has 2 aromatic carbocycles. The monoisotopic (exact) mass is 482 g/mol. The van der Waals surface area contributed by atoms with E-state index in [0.29, 0.717) is 17.7 Å². The van der Waals surface area contributed by atoms with Crippen molar-refractivity contribution in [1.29, 1.82) is 0 Å². The predicted molar refractivity (Wildman–Crippen MR) is 129 cm³/mol. The van der Waals surface area contributed by atoms with Gasteiger partial charge in [0.2, 0.25) is 17.6 Å². The Morgan fingerprint density at radius 3 is 2.34 bits per heavy atom. The standard InChI is InChI=1S/C25H31FN6O3/c1-6-21(24(34)27-25(2,3)4)31(15-17-7-13-20(35-5)14-8-17)22(33)16-32-29-23(28-30-32)18-9-11-19(26)12-10-18/h7-14,21H,6,15-16H2,1-5H3,(H,27,34). The van der Waals surface area contributed by atoms with Crippen LogP contribution >= 0.6 is 0 Å². The number of amides is 2. The van der Waals surface area contributed by atoms with Gasteiger partial charge in [-0.05, 0) is 74.4 Å². The van der Waals surface area contributed by atoms with E-state index in [9.17, 15) is 14.0 Å². The molecular weight excluding hydrogens is 451 g/mol. The fourth-order valence-corrected chi connectivity index (χ4v) is 3.54. The zero-order chi connectivity index (χ0) is 25.6. The number of hydrogen-bond acceptors (Lipinski definition) is 6. The van der Waals surface area contributed by atoms with Crippen LogP contribution in [0, 0.1) is 5.82 Å². The number of carbonyl (C=O) groups excluding carboxylic acids is 2. The van der Waals surface area contributed by atoms with Crippen molar-refractivity contribution in [2.45, 2.75) is 58.8 Å². The van der Waals surface area contributed by atoms with Gasteiger partial charge in [-0.25, -0.2) is 4.39 Å². The van der Waals surface area contributed by atoms with Crippen LogP contribution in [0.2, 0.25) is 0 Å². The molecule has 1 N–H and O–H groups in total. The number of tetrazole rings is 1. The van der Waals surface area contributed by atoms with Crippen molar-refractivity contribution in [2.24, 2.45) is 0 Å². The number of rotatable bonds is 9. The van der Waals surface area contributed by atoms with Gasteiger partial charge in [0.05, 0.1) is 7.11 Å². The van der Waals surface area contributed by atoms with Gasteiger partial charge in [0.15, 0.2) is 0 Å². The van der Waals surface area contributed by atoms with Crippen LogP contribution in [-0.2, 0) is 22.7 Å². The Balaban J connectivity index is 1.84. The molecule has 0 fully saturated rings. The first kappa shape index (κ1) is 25.8. The third-order valence-electron chi connectivity index (χ3n) is 5.23. The lowest BCUT2D eigenvalue weighted by Gasteiger charge is -2.33. The molecule has 3 rings (SSSR count). The second kappa shape index (κ2) is 11.1. The van der Waals surface area contributed by atoms with Crippen LogP contribution in [0.1, 0.15) is 39.7 Å². The lowest BCUT2D eigenvalue weighted by Crippen LogP contribution is -2.54. The van der Waals surface area contributed by atoms with E-state index in [2.05, 4.69) is 20.7 Å². The molecule has 3 aromatic rings. The molecule has 0 aliphatic heterocycles. The summed E-state index contributed by atoms with van der Waals surface area (Å²) < 4.78 is 18.4. The Morgan fingerprint density at radius 1 is 1.11 bits per heavy atom. The molecular formula is C25H31FN6O3. The van der Waals surface area contributed by atoms with Gasteiger partial charge in [0.1, 0.15) is 24.2 Å². The van der Waals surface area contributed by atoms with Crippen molar-refractivity contribution in [3.63, 3.8) is 0 Å². The van der Waals surface area contributed by atoms with E-state index in [1.54, 1.807) is 19.2 Å². The average Bonchev–Trinajstić information content (AvgIpc) is 3.27. The molecule has 9 nitrogen and oxygen atoms in total. The zero-order valence-electron chi connectivity index (χ0n) is 20.7. The van der Waals surface area contributed by atoms with Crippen molar-refractivity contribution < 1.29 is 18.7 Å². The maximum Gasteiger partial charge on any atom is 0.247 e. The van der Waals surface area contributed by atoms with E-state index in [-0.39, 0.29) is 36.5 Å². The van der Waals surface area contributed by atoms with Crippen LogP contribution in [0.15, 0.2) is 48.5 Å². The minimum atomic E-state index is -0.691. The number of ether oxygens (including phenoxy) is 1. The van der Waals surface area contributed by atoms with Crippen molar-refractivity contribution >= 4 is 11.8 Å². The second-order valence-corrected chi connectivity index (χ2v) is 9.18. The average molecular weight is 483 g/mol. The minimum absolute atomic E-state index is 0.205. The lowest BCUT2D eigenvalue weighted by molar-refractivity contribution is -0.142. The van der Waals surface area contributed by atoms with Crippen LogP contribution in [0.25, 0.3) is 11.4 Å². The highest BCUT2D eigenvalue weighted by molar-refractivity contribution is 5.88. The van der Waals surface area contributed by atoms with Gasteiger partial charge < -0.3 is 15.0 Å². The summed E-state index contributed by atoms with van der Waals surface area (Å²) in [5.41, 5.74) is 0.979. The summed E-state index contributed by atoms with van der Waals surface area (Å²) >= 11 is 0. The topological polar surface area (TPSA) is 102 Å². The van der Waals surface area contributed by atoms with Crippen molar-refractivity contribution in [1.82, 2.24) is 30.4 Å². The number of benzene rings is 2. The summed E-state index contributed by atoms with van der Waals surface area (Å²) in [5, 5.41) is 15.2. The van der Waals surface area contributed by atoms with E-state index in [1.165, 1.54) is 21.8 Å². The fourth-order valence-electron chi connectivity index (χ4n) is 3.54. The van der Waals surface area contributed by atoms with Gasteiger partial charge in [-0.3, -0.25) is 9.59 Å². The highest BCUT2D eigenvalue weighted by Crippen LogP contribution is 2.18. The smallest absolute Gasteiger partial charge is 0.247 e. The van der Waals surface area contributed by atoms with Gasteiger partial charge in [0.25, 0.3) is 0 Å². The molecule has 0 saturated heterocycles. The molecule has 1 unspecified atom stereocenters. The van der Waals surface area contributed by atoms with Gasteiger partial charge in [-0.2, -0.15) is 4.80 Å². The van der Waals surface area contributed by atoms with E-state index in [0.717, 1.165) is 5.56 Å². The van der Waals surface area contributed by atoms with E-state index >= 15 is 0 Å². The molecule has 35 heavy (non-hydrogen) atoms. The van der Waals surface area contributed by atoms with E-state index in [4.69, 9.17) is 4.74 Å². The Labute approximate surface area is 204 Å². The molecule has 10 heteroatoms. The third kappa shape index (κ3) is 7.08. The van der Waals surface area contributed by atoms with Crippen molar-refractivity contribution in [3.8, 4) is 17.1 Å². The predicted octanol–water partition coefficient (Wildman–Crippen LogP) is 3.21. The summed E-state index contributed by atoms with van der Waals surface area (Å²) in [6.45, 7) is 7.56. The van der Waals surface area contributed by atoms with Crippen molar-refractivity contribution in [2.75, 3.05) is 7.11 Å². The van der Waals surface area contributed by atoms with Gasteiger partial charge >= 0.3 is 0 Å². The van der Waals surface area contributed by atoms with Gasteiger partial charge in [0, 0.05) is 17.6 Å². The van der Waals surface area contributed by atoms with Crippen LogP contribution in [0.5, 0.6) is 5.75 Å². The summed E-state index contributed by atoms with van der Waals surface area (Å²) in [6.07, 6.45) is 0.426. The number of methoxy groups -OCH3 is 1. The number of hydrogen-bond donors (Lipinski definition) is 1. The molecule has 1 aromatic heterocycles. The molecule has 0 radical (unpaired) electrons. The number of nitrogens with zero attached hydrogens (tertiary/aromatic N) is 5. The van der Waals surface area contributed by atoms with E-state index < -0.39 is 11.6 Å².